The van der Waals surface area contributed by atoms with Crippen LogP contribution in [0, 0.1) is 11.3 Å². The molecule has 0 aliphatic carbocycles. The average Bonchev–Trinajstić information content (AvgIpc) is 3.31. The van der Waals surface area contributed by atoms with Gasteiger partial charge in [0.15, 0.2) is 17.3 Å². The second kappa shape index (κ2) is 11.1. The summed E-state index contributed by atoms with van der Waals surface area (Å²) < 4.78 is 15.9. The Morgan fingerprint density at radius 2 is 1.68 bits per heavy atom. The number of ether oxygens (including phenoxy) is 2. The van der Waals surface area contributed by atoms with Crippen molar-refractivity contribution in [3.8, 4) is 23.3 Å². The van der Waals surface area contributed by atoms with Crippen LogP contribution in [0.1, 0.15) is 30.7 Å². The third-order valence-electron chi connectivity index (χ3n) is 5.26. The lowest BCUT2D eigenvalue weighted by atomic mass is 10.0. The lowest BCUT2D eigenvalue weighted by molar-refractivity contribution is -0.134. The molecule has 0 saturated carbocycles. The highest BCUT2D eigenvalue weighted by atomic mass is 16.5. The number of phenols is 2. The number of hydrogen-bond acceptors (Lipinski definition) is 10. The number of nitriles is 1. The second-order valence-electron chi connectivity index (χ2n) is 8.08. The number of nitrogens with zero attached hydrogens (tertiary/aromatic N) is 3. The molecular formula is C28H21N3O7. The van der Waals surface area contributed by atoms with Crippen molar-refractivity contribution >= 4 is 34.4 Å². The lowest BCUT2D eigenvalue weighted by Gasteiger charge is -2.11. The largest absolute Gasteiger partial charge is 0.508 e. The number of carbonyl (C=O) groups excluding carboxylic acids is 2. The first-order valence-electron chi connectivity index (χ1n) is 11.3. The van der Waals surface area contributed by atoms with Crippen molar-refractivity contribution < 1.29 is 33.7 Å². The van der Waals surface area contributed by atoms with Gasteiger partial charge >= 0.3 is 11.9 Å². The molecule has 3 aromatic carbocycles. The standard InChI is InChI=1S/C28H21N3O7/c1-16(32)36-26-14-23(34)20(12-24(26)35)11-18-7-3-5-9-21(18)30-31-22(15-29)28(37-17(2)33)27-13-19-8-4-6-10-25(19)38-27/h3-10,12-14,34-35H,11H2,1-2H3. The minimum Gasteiger partial charge on any atom is -0.508 e. The van der Waals surface area contributed by atoms with Crippen LogP contribution in [0.2, 0.25) is 0 Å². The summed E-state index contributed by atoms with van der Waals surface area (Å²) >= 11 is 0. The fourth-order valence-corrected chi connectivity index (χ4v) is 3.62. The number of esters is 2. The van der Waals surface area contributed by atoms with Crippen LogP contribution in [0.5, 0.6) is 17.2 Å². The van der Waals surface area contributed by atoms with Gasteiger partial charge in [-0.2, -0.15) is 5.26 Å². The third kappa shape index (κ3) is 5.85. The number of rotatable bonds is 7. The first-order chi connectivity index (χ1) is 18.2. The van der Waals surface area contributed by atoms with Gasteiger partial charge in [-0.1, -0.05) is 36.4 Å². The molecule has 0 aliphatic rings. The van der Waals surface area contributed by atoms with Gasteiger partial charge in [0.05, 0.1) is 5.69 Å². The van der Waals surface area contributed by atoms with Crippen molar-refractivity contribution in [3.05, 3.63) is 89.3 Å². The van der Waals surface area contributed by atoms with Gasteiger partial charge in [0.25, 0.3) is 0 Å². The molecule has 1 aromatic heterocycles. The van der Waals surface area contributed by atoms with Crippen molar-refractivity contribution in [2.24, 2.45) is 10.2 Å². The highest BCUT2D eigenvalue weighted by Gasteiger charge is 2.19. The molecule has 4 aromatic rings. The molecule has 38 heavy (non-hydrogen) atoms. The molecule has 0 atom stereocenters. The van der Waals surface area contributed by atoms with Gasteiger partial charge in [0.1, 0.15) is 17.4 Å². The van der Waals surface area contributed by atoms with E-state index in [2.05, 4.69) is 10.2 Å². The average molecular weight is 511 g/mol. The SMILES string of the molecule is CC(=O)OC(=C(C#N)N=Nc1ccccc1Cc1cc(O)c(OC(C)=O)cc1O)c1cc2ccccc2o1. The Morgan fingerprint density at radius 1 is 0.947 bits per heavy atom. The molecule has 0 spiro atoms. The Labute approximate surface area is 216 Å². The summed E-state index contributed by atoms with van der Waals surface area (Å²) in [6, 6.07) is 19.9. The van der Waals surface area contributed by atoms with E-state index in [4.69, 9.17) is 13.9 Å². The quantitative estimate of drug-likeness (QED) is 0.0776. The topological polar surface area (TPSA) is 155 Å². The number of benzene rings is 3. The molecule has 1 heterocycles. The maximum Gasteiger partial charge on any atom is 0.308 e. The smallest absolute Gasteiger partial charge is 0.308 e. The zero-order valence-electron chi connectivity index (χ0n) is 20.3. The Kier molecular flexibility index (Phi) is 7.49. The number of hydrogen-bond donors (Lipinski definition) is 2. The Bertz CT molecular complexity index is 1610. The van der Waals surface area contributed by atoms with E-state index in [1.165, 1.54) is 19.9 Å². The molecule has 10 nitrogen and oxygen atoms in total. The Morgan fingerprint density at radius 3 is 2.39 bits per heavy atom. The number of carbonyl (C=O) groups is 2. The fraction of sp³-hybridized carbons (Fsp3) is 0.107. The van der Waals surface area contributed by atoms with Gasteiger partial charge in [-0.3, -0.25) is 9.59 Å². The lowest BCUT2D eigenvalue weighted by Crippen LogP contribution is -2.02. The molecule has 0 amide bonds. The molecule has 4 rings (SSSR count). The molecule has 190 valence electrons. The number of para-hydroxylation sites is 1. The van der Waals surface area contributed by atoms with Crippen LogP contribution in [0.25, 0.3) is 16.7 Å². The molecular weight excluding hydrogens is 490 g/mol. The van der Waals surface area contributed by atoms with E-state index in [1.807, 2.05) is 18.2 Å². The molecule has 0 bridgehead atoms. The normalized spacial score (nSPS) is 11.7. The summed E-state index contributed by atoms with van der Waals surface area (Å²) in [4.78, 5) is 23.0. The van der Waals surface area contributed by atoms with Gasteiger partial charge in [-0.15, -0.1) is 10.2 Å². The van der Waals surface area contributed by atoms with Crippen molar-refractivity contribution in [1.29, 1.82) is 5.26 Å². The molecule has 0 saturated heterocycles. The van der Waals surface area contributed by atoms with Crippen LogP contribution in [0.15, 0.2) is 87.1 Å². The third-order valence-corrected chi connectivity index (χ3v) is 5.26. The minimum atomic E-state index is -0.670. The predicted octanol–water partition coefficient (Wildman–Crippen LogP) is 5.90. The Hall–Kier alpha value is -5.43. The maximum atomic E-state index is 11.8. The first kappa shape index (κ1) is 25.7. The first-order valence-corrected chi connectivity index (χ1v) is 11.3. The minimum absolute atomic E-state index is 0.126. The van der Waals surface area contributed by atoms with Crippen LogP contribution in [0.3, 0.4) is 0 Å². The summed E-state index contributed by atoms with van der Waals surface area (Å²) in [6.07, 6.45) is 0.126. The molecule has 0 unspecified atom stereocenters. The highest BCUT2D eigenvalue weighted by molar-refractivity contribution is 5.84. The predicted molar refractivity (Wildman–Crippen MR) is 135 cm³/mol. The van der Waals surface area contributed by atoms with E-state index in [0.717, 1.165) is 11.5 Å². The van der Waals surface area contributed by atoms with E-state index in [1.54, 1.807) is 42.5 Å². The molecule has 10 heteroatoms. The van der Waals surface area contributed by atoms with Crippen molar-refractivity contribution in [2.45, 2.75) is 20.3 Å². The zero-order valence-corrected chi connectivity index (χ0v) is 20.3. The molecule has 0 radical (unpaired) electrons. The summed E-state index contributed by atoms with van der Waals surface area (Å²) in [5.74, 6) is -2.05. The van der Waals surface area contributed by atoms with Crippen LogP contribution in [0.4, 0.5) is 5.69 Å². The number of allylic oxidation sites excluding steroid dienone is 1. The van der Waals surface area contributed by atoms with Crippen LogP contribution in [-0.2, 0) is 20.7 Å². The van der Waals surface area contributed by atoms with E-state index < -0.39 is 11.9 Å². The van der Waals surface area contributed by atoms with E-state index in [0.29, 0.717) is 22.4 Å². The fourth-order valence-electron chi connectivity index (χ4n) is 3.62. The van der Waals surface area contributed by atoms with E-state index in [-0.39, 0.29) is 40.9 Å². The monoisotopic (exact) mass is 511 g/mol. The number of phenolic OH excluding ortho intramolecular Hbond substituents is 2. The number of furan rings is 1. The van der Waals surface area contributed by atoms with Gasteiger partial charge < -0.3 is 24.1 Å². The van der Waals surface area contributed by atoms with Crippen molar-refractivity contribution in [1.82, 2.24) is 0 Å². The van der Waals surface area contributed by atoms with Crippen LogP contribution < -0.4 is 4.74 Å². The number of aromatic hydroxyl groups is 2. The van der Waals surface area contributed by atoms with Gasteiger partial charge in [-0.25, -0.2) is 0 Å². The van der Waals surface area contributed by atoms with E-state index in [9.17, 15) is 25.1 Å². The number of azo groups is 1. The maximum absolute atomic E-state index is 11.8. The van der Waals surface area contributed by atoms with Crippen molar-refractivity contribution in [3.63, 3.8) is 0 Å². The summed E-state index contributed by atoms with van der Waals surface area (Å²) in [5, 5.41) is 39.4. The van der Waals surface area contributed by atoms with Crippen LogP contribution >= 0.6 is 0 Å². The second-order valence-corrected chi connectivity index (χ2v) is 8.08. The summed E-state index contributed by atoms with van der Waals surface area (Å²) in [7, 11) is 0. The summed E-state index contributed by atoms with van der Waals surface area (Å²) in [5.41, 5.74) is 1.53. The summed E-state index contributed by atoms with van der Waals surface area (Å²) in [6.45, 7) is 2.37. The zero-order chi connectivity index (χ0) is 27.2. The Balaban J connectivity index is 1.70. The molecule has 2 N–H and O–H groups in total. The van der Waals surface area contributed by atoms with Gasteiger partial charge in [-0.05, 0) is 29.8 Å². The van der Waals surface area contributed by atoms with Crippen LogP contribution in [-0.4, -0.2) is 22.2 Å². The van der Waals surface area contributed by atoms with E-state index >= 15 is 0 Å². The molecule has 0 aliphatic heterocycles. The molecule has 0 fully saturated rings. The highest BCUT2D eigenvalue weighted by Crippen LogP contribution is 2.36. The van der Waals surface area contributed by atoms with Crippen molar-refractivity contribution in [2.75, 3.05) is 0 Å². The number of fused-ring (bicyclic) bond motifs is 1. The van der Waals surface area contributed by atoms with Gasteiger partial charge in [0, 0.05) is 37.3 Å². The van der Waals surface area contributed by atoms with Gasteiger partial charge in [0.2, 0.25) is 11.5 Å².